The Balaban J connectivity index is 2.02. The Labute approximate surface area is 173 Å². The molecule has 0 amide bonds. The van der Waals surface area contributed by atoms with Crippen molar-refractivity contribution in [3.05, 3.63) is 45.5 Å². The van der Waals surface area contributed by atoms with Gasteiger partial charge < -0.3 is 9.47 Å². The van der Waals surface area contributed by atoms with Gasteiger partial charge in [-0.25, -0.2) is 19.3 Å². The summed E-state index contributed by atoms with van der Waals surface area (Å²) < 4.78 is 11.5. The number of hydrogen-bond donors (Lipinski definition) is 0. The molecule has 0 radical (unpaired) electrons. The van der Waals surface area contributed by atoms with Crippen LogP contribution in [0.2, 0.25) is 5.02 Å². The first-order chi connectivity index (χ1) is 13.9. The van der Waals surface area contributed by atoms with Crippen LogP contribution in [-0.4, -0.2) is 45.7 Å². The molecule has 0 unspecified atom stereocenters. The fourth-order valence-corrected chi connectivity index (χ4v) is 3.14. The molecule has 2 aromatic heterocycles. The summed E-state index contributed by atoms with van der Waals surface area (Å²) in [5.41, 5.74) is 1.40. The number of ketones is 1. The molecule has 0 bridgehead atoms. The topological polar surface area (TPSA) is 100 Å². The minimum Gasteiger partial charge on any atom is -0.461 e. The van der Waals surface area contributed by atoms with E-state index in [1.54, 1.807) is 26.8 Å². The van der Waals surface area contributed by atoms with E-state index in [0.717, 1.165) is 12.8 Å². The second kappa shape index (κ2) is 8.73. The number of nitrogens with zero attached hydrogens (tertiary/aromatic N) is 3. The molecule has 1 aliphatic rings. The lowest BCUT2D eigenvalue weighted by Crippen LogP contribution is -2.20. The lowest BCUT2D eigenvalue weighted by Gasteiger charge is -2.08. The minimum atomic E-state index is -0.620. The van der Waals surface area contributed by atoms with E-state index >= 15 is 0 Å². The van der Waals surface area contributed by atoms with Crippen LogP contribution in [0.3, 0.4) is 0 Å². The number of aromatic nitrogens is 3. The standard InChI is InChI=1S/C20H22ClN3O5/c1-4-28-19(26)17-16(12-6-7-12)18(20(27)29-5-2)24(23-17)10-15(25)14-9-8-13(21)11(3)22-14/h8-9,12H,4-7,10H2,1-3H3. The zero-order valence-corrected chi connectivity index (χ0v) is 17.3. The molecule has 0 N–H and O–H groups in total. The van der Waals surface area contributed by atoms with E-state index in [2.05, 4.69) is 10.1 Å². The van der Waals surface area contributed by atoms with E-state index in [9.17, 15) is 14.4 Å². The van der Waals surface area contributed by atoms with Crippen molar-refractivity contribution in [1.29, 1.82) is 0 Å². The maximum Gasteiger partial charge on any atom is 0.359 e. The smallest absolute Gasteiger partial charge is 0.359 e. The van der Waals surface area contributed by atoms with Gasteiger partial charge in [0.2, 0.25) is 5.78 Å². The molecule has 0 aromatic carbocycles. The fourth-order valence-electron chi connectivity index (χ4n) is 3.03. The highest BCUT2D eigenvalue weighted by Gasteiger charge is 2.38. The van der Waals surface area contributed by atoms with Crippen molar-refractivity contribution in [2.45, 2.75) is 46.1 Å². The highest BCUT2D eigenvalue weighted by Crippen LogP contribution is 2.44. The number of aryl methyl sites for hydroxylation is 1. The van der Waals surface area contributed by atoms with Gasteiger partial charge in [-0.3, -0.25) is 4.79 Å². The van der Waals surface area contributed by atoms with E-state index in [4.69, 9.17) is 21.1 Å². The van der Waals surface area contributed by atoms with Gasteiger partial charge >= 0.3 is 11.9 Å². The molecule has 8 nitrogen and oxygen atoms in total. The molecule has 29 heavy (non-hydrogen) atoms. The maximum absolute atomic E-state index is 12.8. The first-order valence-electron chi connectivity index (χ1n) is 9.48. The Morgan fingerprint density at radius 2 is 1.79 bits per heavy atom. The molecule has 1 fully saturated rings. The van der Waals surface area contributed by atoms with Crippen molar-refractivity contribution in [2.24, 2.45) is 0 Å². The van der Waals surface area contributed by atoms with Crippen LogP contribution < -0.4 is 0 Å². The van der Waals surface area contributed by atoms with Gasteiger partial charge in [0, 0.05) is 5.56 Å². The SMILES string of the molecule is CCOC(=O)c1nn(CC(=O)c2ccc(Cl)c(C)n2)c(C(=O)OCC)c1C1CC1. The van der Waals surface area contributed by atoms with Crippen molar-refractivity contribution in [3.63, 3.8) is 0 Å². The van der Waals surface area contributed by atoms with Crippen molar-refractivity contribution < 1.29 is 23.9 Å². The molecule has 0 spiro atoms. The number of hydrogen-bond acceptors (Lipinski definition) is 7. The Morgan fingerprint density at radius 3 is 2.38 bits per heavy atom. The van der Waals surface area contributed by atoms with Crippen LogP contribution in [0, 0.1) is 6.92 Å². The van der Waals surface area contributed by atoms with Crippen molar-refractivity contribution in [2.75, 3.05) is 13.2 Å². The van der Waals surface area contributed by atoms with Gasteiger partial charge in [-0.15, -0.1) is 0 Å². The summed E-state index contributed by atoms with van der Waals surface area (Å²) >= 11 is 5.97. The number of carbonyl (C=O) groups excluding carboxylic acids is 3. The van der Waals surface area contributed by atoms with E-state index in [0.29, 0.717) is 16.3 Å². The van der Waals surface area contributed by atoms with Gasteiger partial charge in [0.05, 0.1) is 23.9 Å². The average molecular weight is 420 g/mol. The summed E-state index contributed by atoms with van der Waals surface area (Å²) in [7, 11) is 0. The van der Waals surface area contributed by atoms with Gasteiger partial charge in [-0.2, -0.15) is 5.10 Å². The van der Waals surface area contributed by atoms with Crippen molar-refractivity contribution in [3.8, 4) is 0 Å². The Kier molecular flexibility index (Phi) is 6.32. The average Bonchev–Trinajstić information content (AvgIpc) is 3.45. The predicted octanol–water partition coefficient (Wildman–Crippen LogP) is 3.35. The van der Waals surface area contributed by atoms with Gasteiger partial charge in [0.25, 0.3) is 0 Å². The van der Waals surface area contributed by atoms with Crippen LogP contribution >= 0.6 is 11.6 Å². The van der Waals surface area contributed by atoms with E-state index in [1.165, 1.54) is 10.7 Å². The van der Waals surface area contributed by atoms with Crippen LogP contribution in [0.5, 0.6) is 0 Å². The number of pyridine rings is 1. The maximum atomic E-state index is 12.8. The third-order valence-corrected chi connectivity index (χ3v) is 4.91. The van der Waals surface area contributed by atoms with Crippen LogP contribution in [-0.2, 0) is 16.0 Å². The Hall–Kier alpha value is -2.74. The van der Waals surface area contributed by atoms with Crippen molar-refractivity contribution >= 4 is 29.3 Å². The lowest BCUT2D eigenvalue weighted by atomic mass is 10.1. The van der Waals surface area contributed by atoms with Gasteiger partial charge in [0.1, 0.15) is 12.2 Å². The fraction of sp³-hybridized carbons (Fsp3) is 0.450. The molecule has 1 saturated carbocycles. The van der Waals surface area contributed by atoms with E-state index < -0.39 is 11.9 Å². The number of esters is 2. The molecular formula is C20H22ClN3O5. The number of rotatable bonds is 8. The summed E-state index contributed by atoms with van der Waals surface area (Å²) in [6.45, 7) is 5.15. The summed E-state index contributed by atoms with van der Waals surface area (Å²) in [4.78, 5) is 42.0. The van der Waals surface area contributed by atoms with Gasteiger partial charge in [0.15, 0.2) is 11.4 Å². The normalized spacial score (nSPS) is 13.2. The number of carbonyl (C=O) groups is 3. The minimum absolute atomic E-state index is 0.0218. The third kappa shape index (κ3) is 4.48. The zero-order chi connectivity index (χ0) is 21.1. The van der Waals surface area contributed by atoms with Gasteiger partial charge in [-0.1, -0.05) is 11.6 Å². The highest BCUT2D eigenvalue weighted by molar-refractivity contribution is 6.31. The van der Waals surface area contributed by atoms with Gasteiger partial charge in [-0.05, 0) is 51.7 Å². The molecule has 2 heterocycles. The lowest BCUT2D eigenvalue weighted by molar-refractivity contribution is 0.0505. The highest BCUT2D eigenvalue weighted by atomic mass is 35.5. The van der Waals surface area contributed by atoms with Crippen molar-refractivity contribution in [1.82, 2.24) is 14.8 Å². The van der Waals surface area contributed by atoms with Crippen LogP contribution in [0.15, 0.2) is 12.1 Å². The monoisotopic (exact) mass is 419 g/mol. The Bertz CT molecular complexity index is 965. The molecule has 1 aliphatic carbocycles. The second-order valence-corrected chi connectivity index (χ2v) is 7.08. The molecular weight excluding hydrogens is 398 g/mol. The number of Topliss-reactive ketones (excluding diaryl/α,β-unsaturated/α-hetero) is 1. The molecule has 2 aromatic rings. The molecule has 154 valence electrons. The van der Waals surface area contributed by atoms with E-state index in [1.807, 2.05) is 0 Å². The summed E-state index contributed by atoms with van der Waals surface area (Å²) in [6, 6.07) is 3.10. The zero-order valence-electron chi connectivity index (χ0n) is 16.5. The van der Waals surface area contributed by atoms with Crippen LogP contribution in [0.25, 0.3) is 0 Å². The second-order valence-electron chi connectivity index (χ2n) is 6.67. The number of ether oxygens (including phenoxy) is 2. The summed E-state index contributed by atoms with van der Waals surface area (Å²) in [5.74, 6) is -1.58. The van der Waals surface area contributed by atoms with Crippen LogP contribution in [0.1, 0.15) is 75.3 Å². The molecule has 9 heteroatoms. The Morgan fingerprint density at radius 1 is 1.14 bits per heavy atom. The molecule has 0 atom stereocenters. The first-order valence-corrected chi connectivity index (χ1v) is 9.86. The summed E-state index contributed by atoms with van der Waals surface area (Å²) in [6.07, 6.45) is 1.66. The number of halogens is 1. The summed E-state index contributed by atoms with van der Waals surface area (Å²) in [5, 5.41) is 4.72. The predicted molar refractivity (Wildman–Crippen MR) is 104 cm³/mol. The van der Waals surface area contributed by atoms with Crippen LogP contribution in [0.4, 0.5) is 0 Å². The first kappa shape index (κ1) is 21.0. The quantitative estimate of drug-likeness (QED) is 0.477. The molecule has 3 rings (SSSR count). The van der Waals surface area contributed by atoms with E-state index in [-0.39, 0.29) is 48.5 Å². The molecule has 0 aliphatic heterocycles. The molecule has 0 saturated heterocycles. The largest absolute Gasteiger partial charge is 0.461 e. The third-order valence-electron chi connectivity index (χ3n) is 4.51.